The highest BCUT2D eigenvalue weighted by molar-refractivity contribution is 9.11. The lowest BCUT2D eigenvalue weighted by atomic mass is 9.74. The van der Waals surface area contributed by atoms with Gasteiger partial charge in [0, 0.05) is 50.2 Å². The van der Waals surface area contributed by atoms with Crippen LogP contribution >= 0.6 is 15.9 Å². The van der Waals surface area contributed by atoms with Crippen molar-refractivity contribution in [3.8, 4) is 0 Å². The first kappa shape index (κ1) is 29.2. The van der Waals surface area contributed by atoms with Crippen molar-refractivity contribution >= 4 is 39.6 Å². The summed E-state index contributed by atoms with van der Waals surface area (Å²) in [5, 5.41) is 12.6. The zero-order chi connectivity index (χ0) is 28.4. The second-order valence-electron chi connectivity index (χ2n) is 10.9. The van der Waals surface area contributed by atoms with Crippen molar-refractivity contribution in [3.63, 3.8) is 0 Å². The van der Waals surface area contributed by atoms with E-state index in [4.69, 9.17) is 14.2 Å². The molecule has 40 heavy (non-hydrogen) atoms. The molecule has 5 rings (SSSR count). The molecule has 5 aliphatic rings. The lowest BCUT2D eigenvalue weighted by Crippen LogP contribution is -2.57. The van der Waals surface area contributed by atoms with E-state index in [2.05, 4.69) is 26.1 Å². The van der Waals surface area contributed by atoms with Crippen LogP contribution in [0.3, 0.4) is 0 Å². The summed E-state index contributed by atoms with van der Waals surface area (Å²) in [6, 6.07) is -1.05. The highest BCUT2D eigenvalue weighted by atomic mass is 79.9. The number of aliphatic hydroxyl groups is 1. The number of rotatable bonds is 5. The third-order valence-corrected chi connectivity index (χ3v) is 8.99. The molecule has 5 bridgehead atoms. The van der Waals surface area contributed by atoms with Crippen molar-refractivity contribution in [2.75, 3.05) is 65.6 Å². The maximum absolute atomic E-state index is 14.4. The Kier molecular flexibility index (Phi) is 8.95. The van der Waals surface area contributed by atoms with Crippen LogP contribution in [0.5, 0.6) is 0 Å². The van der Waals surface area contributed by atoms with Crippen molar-refractivity contribution in [2.45, 2.75) is 43.6 Å². The molecule has 1 spiro atoms. The summed E-state index contributed by atoms with van der Waals surface area (Å²) in [5.74, 6) is -3.46. The number of nitrogens with one attached hydrogen (secondary N) is 1. The number of nitrogens with zero attached hydrogens (tertiary/aromatic N) is 3. The normalized spacial score (nSPS) is 36.4. The van der Waals surface area contributed by atoms with Crippen molar-refractivity contribution in [1.29, 1.82) is 0 Å². The van der Waals surface area contributed by atoms with Crippen molar-refractivity contribution in [2.24, 2.45) is 11.8 Å². The first-order valence-electron chi connectivity index (χ1n) is 14.0. The molecule has 3 fully saturated rings. The van der Waals surface area contributed by atoms with Crippen LogP contribution < -0.4 is 5.32 Å². The Balaban J connectivity index is 1.50. The van der Waals surface area contributed by atoms with Crippen LogP contribution in [0.4, 0.5) is 0 Å². The molecule has 2 N–H and O–H groups in total. The number of hydrogen-bond acceptors (Lipinski definition) is 9. The number of β-amino-alcohol motifs (C(OH)–C–C–N with tert-alkyl or cyclic N) is 1. The maximum atomic E-state index is 14.4. The van der Waals surface area contributed by atoms with Crippen LogP contribution in [-0.4, -0.2) is 133 Å². The van der Waals surface area contributed by atoms with Crippen LogP contribution in [0.1, 0.15) is 19.8 Å². The number of halogens is 1. The van der Waals surface area contributed by atoms with Crippen LogP contribution in [0.2, 0.25) is 0 Å². The van der Waals surface area contributed by atoms with Gasteiger partial charge in [-0.25, -0.2) is 0 Å². The molecule has 6 atom stereocenters. The Labute approximate surface area is 241 Å². The third-order valence-electron chi connectivity index (χ3n) is 8.31. The number of aliphatic hydroxyl groups excluding tert-OH is 1. The van der Waals surface area contributed by atoms with Crippen LogP contribution in [0.25, 0.3) is 0 Å². The largest absolute Gasteiger partial charge is 0.460 e. The minimum Gasteiger partial charge on any atom is -0.460 e. The second kappa shape index (κ2) is 12.3. The summed E-state index contributed by atoms with van der Waals surface area (Å²) in [6.07, 6.45) is 4.83. The van der Waals surface area contributed by atoms with E-state index in [9.17, 15) is 24.3 Å². The lowest BCUT2D eigenvalue weighted by molar-refractivity contribution is -0.158. The van der Waals surface area contributed by atoms with Gasteiger partial charge in [0.25, 0.3) is 0 Å². The Morgan fingerprint density at radius 3 is 2.62 bits per heavy atom. The van der Waals surface area contributed by atoms with E-state index in [1.54, 1.807) is 17.9 Å². The molecule has 0 aromatic rings. The number of esters is 1. The van der Waals surface area contributed by atoms with Gasteiger partial charge in [0.05, 0.1) is 32.3 Å². The summed E-state index contributed by atoms with van der Waals surface area (Å²) in [6.45, 7) is 5.50. The maximum Gasteiger partial charge on any atom is 0.313 e. The fourth-order valence-electron chi connectivity index (χ4n) is 6.36. The van der Waals surface area contributed by atoms with E-state index in [-0.39, 0.29) is 44.5 Å². The van der Waals surface area contributed by atoms with Crippen molar-refractivity contribution in [3.05, 3.63) is 22.7 Å². The van der Waals surface area contributed by atoms with E-state index in [1.807, 2.05) is 12.2 Å². The van der Waals surface area contributed by atoms with Gasteiger partial charge in [-0.15, -0.1) is 0 Å². The predicted molar refractivity (Wildman–Crippen MR) is 145 cm³/mol. The SMILES string of the molecule is C[C@@H]1CNC(=O)CC/C=C\CN(CCN2CCOCC2)C(=O)[C@@H]2N(CCO)C(=O)[C@H]3[C@H](C(=O)O1)[C@H]1O[C@@]23C=C1Br. The number of cyclic esters (lactones) is 1. The fourth-order valence-corrected chi connectivity index (χ4v) is 7.10. The molecule has 0 aromatic heterocycles. The zero-order valence-corrected chi connectivity index (χ0v) is 24.2. The molecular formula is C27H37BrN4O8. The number of amides is 3. The number of allylic oxidation sites excluding steroid dienone is 1. The third kappa shape index (κ3) is 5.46. The van der Waals surface area contributed by atoms with Crippen LogP contribution in [-0.2, 0) is 33.4 Å². The highest BCUT2D eigenvalue weighted by Crippen LogP contribution is 2.58. The van der Waals surface area contributed by atoms with E-state index < -0.39 is 47.6 Å². The molecule has 5 aliphatic heterocycles. The number of likely N-dealkylation sites (tertiary alicyclic amines) is 1. The van der Waals surface area contributed by atoms with Gasteiger partial charge < -0.3 is 34.4 Å². The number of carbonyl (C=O) groups excluding carboxylic acids is 4. The second-order valence-corrected chi connectivity index (χ2v) is 11.8. The van der Waals surface area contributed by atoms with E-state index >= 15 is 0 Å². The molecule has 0 saturated carbocycles. The van der Waals surface area contributed by atoms with Gasteiger partial charge in [0.2, 0.25) is 17.7 Å². The standard InChI is InChI=1S/C27H37BrN4O8/c1-17-16-29-19(34)5-3-2-4-6-31(8-7-30-10-13-38-14-11-30)25(36)23-27-15-18(28)22(40-27)20(26(37)39-17)21(27)24(35)32(23)9-12-33/h2,4,15,17,20-23,33H,3,5-14,16H2,1H3,(H,29,34)/b4-2-/t17-,20+,21-,22+,23+,27-/m1/s1. The molecule has 0 aromatic carbocycles. The quantitative estimate of drug-likeness (QED) is 0.304. The van der Waals surface area contributed by atoms with E-state index in [0.29, 0.717) is 37.2 Å². The lowest BCUT2D eigenvalue weighted by Gasteiger charge is -2.36. The zero-order valence-electron chi connectivity index (χ0n) is 22.6. The summed E-state index contributed by atoms with van der Waals surface area (Å²) >= 11 is 3.51. The summed E-state index contributed by atoms with van der Waals surface area (Å²) in [5.41, 5.74) is -1.37. The Morgan fingerprint density at radius 1 is 1.10 bits per heavy atom. The molecule has 0 aliphatic carbocycles. The minimum absolute atomic E-state index is 0.0652. The molecule has 13 heteroatoms. The van der Waals surface area contributed by atoms with Crippen LogP contribution in [0, 0.1) is 11.8 Å². The average Bonchev–Trinajstić information content (AvgIpc) is 3.52. The monoisotopic (exact) mass is 624 g/mol. The number of carbonyl (C=O) groups is 4. The van der Waals surface area contributed by atoms with Gasteiger partial charge in [0.1, 0.15) is 29.8 Å². The van der Waals surface area contributed by atoms with Gasteiger partial charge in [0.15, 0.2) is 0 Å². The summed E-state index contributed by atoms with van der Waals surface area (Å²) < 4.78 is 18.1. The average molecular weight is 626 g/mol. The molecule has 12 nitrogen and oxygen atoms in total. The smallest absolute Gasteiger partial charge is 0.313 e. The Hall–Kier alpha value is -2.32. The van der Waals surface area contributed by atoms with Gasteiger partial charge in [-0.05, 0) is 19.4 Å². The minimum atomic E-state index is -1.37. The molecule has 220 valence electrons. The highest BCUT2D eigenvalue weighted by Gasteiger charge is 2.74. The van der Waals surface area contributed by atoms with Gasteiger partial charge in [-0.1, -0.05) is 28.1 Å². The molecule has 3 amide bonds. The van der Waals surface area contributed by atoms with Crippen LogP contribution in [0.15, 0.2) is 22.7 Å². The molecular weight excluding hydrogens is 588 g/mol. The number of ether oxygens (including phenoxy) is 3. The van der Waals surface area contributed by atoms with Gasteiger partial charge in [-0.3, -0.25) is 24.1 Å². The number of fused-ring (bicyclic) bond motifs is 2. The van der Waals surface area contributed by atoms with Gasteiger partial charge >= 0.3 is 5.97 Å². The van der Waals surface area contributed by atoms with Crippen molar-refractivity contribution < 1.29 is 38.5 Å². The molecule has 5 heterocycles. The number of morpholine rings is 1. The van der Waals surface area contributed by atoms with Crippen molar-refractivity contribution in [1.82, 2.24) is 20.0 Å². The Bertz CT molecular complexity index is 1080. The van der Waals surface area contributed by atoms with E-state index in [1.165, 1.54) is 4.90 Å². The molecule has 0 radical (unpaired) electrons. The molecule has 0 unspecified atom stereocenters. The predicted octanol–water partition coefficient (Wildman–Crippen LogP) is -0.589. The topological polar surface area (TPSA) is 138 Å². The first-order valence-corrected chi connectivity index (χ1v) is 14.7. The summed E-state index contributed by atoms with van der Waals surface area (Å²) in [7, 11) is 0. The summed E-state index contributed by atoms with van der Waals surface area (Å²) in [4.78, 5) is 59.3. The Morgan fingerprint density at radius 2 is 1.88 bits per heavy atom. The fraction of sp³-hybridized carbons (Fsp3) is 0.704. The first-order chi connectivity index (χ1) is 19.3. The molecule has 3 saturated heterocycles. The van der Waals surface area contributed by atoms with Gasteiger partial charge in [-0.2, -0.15) is 0 Å². The van der Waals surface area contributed by atoms with E-state index in [0.717, 1.165) is 13.1 Å². The number of hydrogen-bond donors (Lipinski definition) is 2.